The summed E-state index contributed by atoms with van der Waals surface area (Å²) in [5, 5.41) is 0. The standard InChI is InChI=1S/C32H46O4/c1-6-11-14-24-16-20-26(21-17-24)31(33)35-29(10-5)28(9-4)30(13-8-3)36-32(34)27-22-18-25(19-23-27)15-12-7-2/h16-23,28-30H,6-15H2,1-5H3. The molecule has 2 rings (SSSR count). The van der Waals surface area contributed by atoms with E-state index in [1.54, 1.807) is 0 Å². The molecule has 0 radical (unpaired) electrons. The second-order valence-electron chi connectivity index (χ2n) is 9.76. The van der Waals surface area contributed by atoms with Crippen LogP contribution in [-0.2, 0) is 22.3 Å². The minimum Gasteiger partial charge on any atom is -0.458 e. The number of ether oxygens (including phenoxy) is 2. The molecule has 0 aliphatic rings. The molecule has 198 valence electrons. The molecule has 36 heavy (non-hydrogen) atoms. The number of rotatable bonds is 16. The summed E-state index contributed by atoms with van der Waals surface area (Å²) in [4.78, 5) is 26.0. The van der Waals surface area contributed by atoms with Gasteiger partial charge in [0.25, 0.3) is 0 Å². The van der Waals surface area contributed by atoms with Gasteiger partial charge in [0.05, 0.1) is 11.1 Å². The molecule has 0 aromatic heterocycles. The van der Waals surface area contributed by atoms with Gasteiger partial charge in [0, 0.05) is 5.92 Å². The van der Waals surface area contributed by atoms with E-state index in [0.717, 1.165) is 57.8 Å². The van der Waals surface area contributed by atoms with Gasteiger partial charge < -0.3 is 9.47 Å². The summed E-state index contributed by atoms with van der Waals surface area (Å²) in [6, 6.07) is 15.5. The van der Waals surface area contributed by atoms with Crippen LogP contribution in [0.1, 0.15) is 118 Å². The average Bonchev–Trinajstić information content (AvgIpc) is 2.91. The van der Waals surface area contributed by atoms with Crippen LogP contribution in [0.15, 0.2) is 48.5 Å². The van der Waals surface area contributed by atoms with Crippen molar-refractivity contribution < 1.29 is 19.1 Å². The summed E-state index contributed by atoms with van der Waals surface area (Å²) < 4.78 is 12.0. The summed E-state index contributed by atoms with van der Waals surface area (Å²) in [7, 11) is 0. The molecule has 0 amide bonds. The SMILES string of the molecule is CCCCc1ccc(C(=O)OC(CC)C(CC)C(CCC)OC(=O)c2ccc(CCCC)cc2)cc1. The first kappa shape index (κ1) is 29.6. The Kier molecular flexibility index (Phi) is 13.3. The third-order valence-electron chi connectivity index (χ3n) is 6.94. The van der Waals surface area contributed by atoms with E-state index in [0.29, 0.717) is 17.5 Å². The van der Waals surface area contributed by atoms with Crippen molar-refractivity contribution >= 4 is 11.9 Å². The van der Waals surface area contributed by atoms with Crippen LogP contribution in [0, 0.1) is 5.92 Å². The van der Waals surface area contributed by atoms with Crippen molar-refractivity contribution in [2.75, 3.05) is 0 Å². The van der Waals surface area contributed by atoms with Crippen molar-refractivity contribution in [2.45, 2.75) is 111 Å². The van der Waals surface area contributed by atoms with E-state index in [2.05, 4.69) is 27.7 Å². The average molecular weight is 495 g/mol. The number of carbonyl (C=O) groups excluding carboxylic acids is 2. The highest BCUT2D eigenvalue weighted by Crippen LogP contribution is 2.27. The zero-order valence-corrected chi connectivity index (χ0v) is 23.1. The number of esters is 2. The van der Waals surface area contributed by atoms with Crippen LogP contribution in [-0.4, -0.2) is 24.1 Å². The molecule has 0 saturated carbocycles. The third-order valence-corrected chi connectivity index (χ3v) is 6.94. The lowest BCUT2D eigenvalue weighted by molar-refractivity contribution is -0.0376. The van der Waals surface area contributed by atoms with Crippen molar-refractivity contribution in [2.24, 2.45) is 5.92 Å². The van der Waals surface area contributed by atoms with Crippen LogP contribution >= 0.6 is 0 Å². The minimum absolute atomic E-state index is 0.0597. The molecule has 0 bridgehead atoms. The van der Waals surface area contributed by atoms with Crippen molar-refractivity contribution in [3.8, 4) is 0 Å². The van der Waals surface area contributed by atoms with Crippen LogP contribution in [0.3, 0.4) is 0 Å². The molecular weight excluding hydrogens is 448 g/mol. The predicted octanol–water partition coefficient (Wildman–Crippen LogP) is 8.36. The van der Waals surface area contributed by atoms with Gasteiger partial charge in [-0.3, -0.25) is 0 Å². The van der Waals surface area contributed by atoms with Crippen LogP contribution in [0.5, 0.6) is 0 Å². The Bertz CT molecular complexity index is 901. The molecule has 2 aromatic carbocycles. The van der Waals surface area contributed by atoms with Crippen molar-refractivity contribution in [1.29, 1.82) is 0 Å². The highest BCUT2D eigenvalue weighted by molar-refractivity contribution is 5.90. The van der Waals surface area contributed by atoms with E-state index in [1.165, 1.54) is 11.1 Å². The van der Waals surface area contributed by atoms with E-state index >= 15 is 0 Å². The Hall–Kier alpha value is -2.62. The minimum atomic E-state index is -0.317. The fourth-order valence-corrected chi connectivity index (χ4v) is 4.67. The maximum atomic E-state index is 13.0. The van der Waals surface area contributed by atoms with Gasteiger partial charge in [0.15, 0.2) is 0 Å². The smallest absolute Gasteiger partial charge is 0.338 e. The number of benzene rings is 2. The molecule has 3 atom stereocenters. The van der Waals surface area contributed by atoms with Gasteiger partial charge in [-0.05, 0) is 80.3 Å². The van der Waals surface area contributed by atoms with Gasteiger partial charge in [-0.15, -0.1) is 0 Å². The van der Waals surface area contributed by atoms with Crippen LogP contribution < -0.4 is 0 Å². The fourth-order valence-electron chi connectivity index (χ4n) is 4.67. The Morgan fingerprint density at radius 3 is 1.42 bits per heavy atom. The monoisotopic (exact) mass is 494 g/mol. The highest BCUT2D eigenvalue weighted by atomic mass is 16.6. The Labute approximate surface area is 218 Å². The molecule has 0 aliphatic carbocycles. The van der Waals surface area contributed by atoms with Gasteiger partial charge in [0.2, 0.25) is 0 Å². The van der Waals surface area contributed by atoms with Gasteiger partial charge in [-0.25, -0.2) is 9.59 Å². The lowest BCUT2D eigenvalue weighted by atomic mass is 9.88. The van der Waals surface area contributed by atoms with Crippen molar-refractivity contribution in [3.05, 3.63) is 70.8 Å². The molecule has 2 aromatic rings. The second-order valence-corrected chi connectivity index (χ2v) is 9.76. The summed E-state index contributed by atoms with van der Waals surface area (Å²) >= 11 is 0. The Morgan fingerprint density at radius 2 is 1.06 bits per heavy atom. The van der Waals surface area contributed by atoms with Gasteiger partial charge >= 0.3 is 11.9 Å². The Balaban J connectivity index is 2.08. The van der Waals surface area contributed by atoms with Gasteiger partial charge in [-0.2, -0.15) is 0 Å². The van der Waals surface area contributed by atoms with E-state index in [9.17, 15) is 9.59 Å². The number of unbranched alkanes of at least 4 members (excludes halogenated alkanes) is 2. The lowest BCUT2D eigenvalue weighted by Crippen LogP contribution is -2.37. The van der Waals surface area contributed by atoms with Crippen LogP contribution in [0.4, 0.5) is 0 Å². The summed E-state index contributed by atoms with van der Waals surface area (Å²) in [6.45, 7) is 10.5. The molecule has 0 heterocycles. The number of carbonyl (C=O) groups is 2. The number of hydrogen-bond acceptors (Lipinski definition) is 4. The lowest BCUT2D eigenvalue weighted by Gasteiger charge is -2.32. The molecule has 0 aliphatic heterocycles. The fraction of sp³-hybridized carbons (Fsp3) is 0.562. The third kappa shape index (κ3) is 9.11. The van der Waals surface area contributed by atoms with E-state index in [-0.39, 0.29) is 30.1 Å². The number of aryl methyl sites for hydroxylation is 2. The highest BCUT2D eigenvalue weighted by Gasteiger charge is 2.32. The van der Waals surface area contributed by atoms with E-state index in [1.807, 2.05) is 55.5 Å². The molecule has 4 heteroatoms. The maximum absolute atomic E-state index is 13.0. The molecule has 0 N–H and O–H groups in total. The first-order chi connectivity index (χ1) is 17.5. The molecule has 4 nitrogen and oxygen atoms in total. The first-order valence-corrected chi connectivity index (χ1v) is 14.1. The zero-order valence-electron chi connectivity index (χ0n) is 23.1. The summed E-state index contributed by atoms with van der Waals surface area (Å²) in [5.74, 6) is -0.681. The number of hydrogen-bond donors (Lipinski definition) is 0. The molecule has 0 spiro atoms. The topological polar surface area (TPSA) is 52.6 Å². The molecule has 3 unspecified atom stereocenters. The maximum Gasteiger partial charge on any atom is 0.338 e. The van der Waals surface area contributed by atoms with Crippen molar-refractivity contribution in [1.82, 2.24) is 0 Å². The predicted molar refractivity (Wildman–Crippen MR) is 147 cm³/mol. The Morgan fingerprint density at radius 1 is 0.611 bits per heavy atom. The second kappa shape index (κ2) is 16.2. The largest absolute Gasteiger partial charge is 0.458 e. The summed E-state index contributed by atoms with van der Waals surface area (Å²) in [6.07, 6.45) is 9.04. The molecular formula is C32H46O4. The van der Waals surface area contributed by atoms with Crippen molar-refractivity contribution in [3.63, 3.8) is 0 Å². The normalized spacial score (nSPS) is 13.6. The zero-order chi connectivity index (χ0) is 26.3. The first-order valence-electron chi connectivity index (χ1n) is 14.1. The molecule has 0 saturated heterocycles. The van der Waals surface area contributed by atoms with Crippen LogP contribution in [0.25, 0.3) is 0 Å². The van der Waals surface area contributed by atoms with E-state index < -0.39 is 0 Å². The van der Waals surface area contributed by atoms with Crippen LogP contribution in [0.2, 0.25) is 0 Å². The van der Waals surface area contributed by atoms with Gasteiger partial charge in [0.1, 0.15) is 12.2 Å². The summed E-state index contributed by atoms with van der Waals surface area (Å²) in [5.41, 5.74) is 3.61. The van der Waals surface area contributed by atoms with E-state index in [4.69, 9.17) is 9.47 Å². The van der Waals surface area contributed by atoms with Gasteiger partial charge in [-0.1, -0.05) is 78.1 Å². The quantitative estimate of drug-likeness (QED) is 0.220. The molecule has 0 fully saturated rings.